The van der Waals surface area contributed by atoms with Gasteiger partial charge in [-0.25, -0.2) is 4.79 Å². The minimum absolute atomic E-state index is 0.429. The number of anilines is 1. The number of benzene rings is 1. The van der Waals surface area contributed by atoms with Crippen LogP contribution in [-0.4, -0.2) is 18.2 Å². The van der Waals surface area contributed by atoms with Crippen LogP contribution in [0.2, 0.25) is 0 Å². The van der Waals surface area contributed by atoms with Crippen LogP contribution in [0.1, 0.15) is 33.3 Å². The van der Waals surface area contributed by atoms with Gasteiger partial charge in [-0.2, -0.15) is 0 Å². The number of amides is 1. The molecule has 0 fully saturated rings. The van der Waals surface area contributed by atoms with Gasteiger partial charge < -0.3 is 10.1 Å². The largest absolute Gasteiger partial charge is 0.444 e. The molecule has 0 heterocycles. The van der Waals surface area contributed by atoms with Crippen molar-refractivity contribution in [3.05, 3.63) is 29.8 Å². The van der Waals surface area contributed by atoms with Gasteiger partial charge in [-0.05, 0) is 45.0 Å². The number of ether oxygens (including phenoxy) is 1. The normalized spacial score (nSPS) is 11.1. The summed E-state index contributed by atoms with van der Waals surface area (Å²) in [6.07, 6.45) is -0.429. The van der Waals surface area contributed by atoms with Gasteiger partial charge in [0.2, 0.25) is 0 Å². The second kappa shape index (κ2) is 6.40. The molecule has 0 aliphatic carbocycles. The predicted octanol–water partition coefficient (Wildman–Crippen LogP) is 3.14. The number of carbonyl (C=O) groups excluding carboxylic acids is 1. The van der Waals surface area contributed by atoms with Crippen molar-refractivity contribution in [3.63, 3.8) is 0 Å². The maximum absolute atomic E-state index is 11.5. The highest BCUT2D eigenvalue weighted by Crippen LogP contribution is 2.12. The average Bonchev–Trinajstić information content (AvgIpc) is 2.25. The fraction of sp³-hybridized carbons (Fsp3) is 0.500. The number of rotatable bonds is 4. The Balaban J connectivity index is 2.50. The van der Waals surface area contributed by atoms with Crippen LogP contribution >= 0.6 is 0 Å². The summed E-state index contributed by atoms with van der Waals surface area (Å²) >= 11 is 0. The van der Waals surface area contributed by atoms with E-state index in [2.05, 4.69) is 17.6 Å². The molecule has 0 unspecified atom stereocenters. The van der Waals surface area contributed by atoms with E-state index in [9.17, 15) is 4.79 Å². The van der Waals surface area contributed by atoms with Gasteiger partial charge in [0.05, 0.1) is 0 Å². The van der Waals surface area contributed by atoms with Gasteiger partial charge in [0.15, 0.2) is 0 Å². The topological polar surface area (TPSA) is 50.4 Å². The van der Waals surface area contributed by atoms with Crippen molar-refractivity contribution >= 4 is 11.8 Å². The standard InChI is InChI=1S/C14H22N2O2/c1-5-15-10-11-6-8-12(9-7-11)16-13(17)18-14(2,3)4/h6-9,15H,5,10H2,1-4H3,(H,16,17). The third-order valence-corrected chi connectivity index (χ3v) is 2.18. The lowest BCUT2D eigenvalue weighted by atomic mass is 10.2. The summed E-state index contributed by atoms with van der Waals surface area (Å²) in [5.74, 6) is 0. The Morgan fingerprint density at radius 2 is 1.83 bits per heavy atom. The summed E-state index contributed by atoms with van der Waals surface area (Å²) in [5, 5.41) is 5.94. The number of hydrogen-bond acceptors (Lipinski definition) is 3. The first-order chi connectivity index (χ1) is 8.40. The molecule has 0 atom stereocenters. The van der Waals surface area contributed by atoms with E-state index in [0.29, 0.717) is 0 Å². The highest BCUT2D eigenvalue weighted by Gasteiger charge is 2.15. The van der Waals surface area contributed by atoms with E-state index in [1.165, 1.54) is 5.56 Å². The van der Waals surface area contributed by atoms with E-state index in [1.54, 1.807) is 0 Å². The van der Waals surface area contributed by atoms with E-state index in [4.69, 9.17) is 4.74 Å². The maximum atomic E-state index is 11.5. The molecule has 18 heavy (non-hydrogen) atoms. The lowest BCUT2D eigenvalue weighted by molar-refractivity contribution is 0.0636. The van der Waals surface area contributed by atoms with Crippen molar-refractivity contribution in [2.45, 2.75) is 39.8 Å². The summed E-state index contributed by atoms with van der Waals surface area (Å²) in [6.45, 7) is 9.36. The number of hydrogen-bond donors (Lipinski definition) is 2. The minimum atomic E-state index is -0.477. The molecular weight excluding hydrogens is 228 g/mol. The molecule has 0 radical (unpaired) electrons. The van der Waals surface area contributed by atoms with Gasteiger partial charge in [0.1, 0.15) is 5.60 Å². The number of nitrogens with one attached hydrogen (secondary N) is 2. The minimum Gasteiger partial charge on any atom is -0.444 e. The van der Waals surface area contributed by atoms with Crippen LogP contribution in [0.5, 0.6) is 0 Å². The molecule has 0 saturated heterocycles. The van der Waals surface area contributed by atoms with E-state index >= 15 is 0 Å². The Labute approximate surface area is 109 Å². The van der Waals surface area contributed by atoms with Gasteiger partial charge >= 0.3 is 6.09 Å². The van der Waals surface area contributed by atoms with E-state index in [-0.39, 0.29) is 0 Å². The third kappa shape index (κ3) is 5.68. The first kappa shape index (κ1) is 14.5. The molecule has 0 aliphatic rings. The Kier molecular flexibility index (Phi) is 5.16. The average molecular weight is 250 g/mol. The van der Waals surface area contributed by atoms with Crippen molar-refractivity contribution in [2.75, 3.05) is 11.9 Å². The van der Waals surface area contributed by atoms with Gasteiger partial charge in [0.25, 0.3) is 0 Å². The molecule has 1 amide bonds. The van der Waals surface area contributed by atoms with Crippen molar-refractivity contribution in [1.82, 2.24) is 5.32 Å². The van der Waals surface area contributed by atoms with Crippen LogP contribution in [0.15, 0.2) is 24.3 Å². The van der Waals surface area contributed by atoms with Crippen LogP contribution in [0.4, 0.5) is 10.5 Å². The van der Waals surface area contributed by atoms with Gasteiger partial charge in [-0.3, -0.25) is 5.32 Å². The Morgan fingerprint density at radius 3 is 2.33 bits per heavy atom. The fourth-order valence-electron chi connectivity index (χ4n) is 1.40. The number of carbonyl (C=O) groups is 1. The first-order valence-corrected chi connectivity index (χ1v) is 6.20. The molecule has 0 saturated carbocycles. The van der Waals surface area contributed by atoms with Gasteiger partial charge in [0, 0.05) is 12.2 Å². The molecule has 0 bridgehead atoms. The monoisotopic (exact) mass is 250 g/mol. The SMILES string of the molecule is CCNCc1ccc(NC(=O)OC(C)(C)C)cc1. The zero-order valence-electron chi connectivity index (χ0n) is 11.5. The van der Waals surface area contributed by atoms with Gasteiger partial charge in [-0.1, -0.05) is 19.1 Å². The molecule has 1 aromatic rings. The van der Waals surface area contributed by atoms with Crippen LogP contribution in [0.25, 0.3) is 0 Å². The fourth-order valence-corrected chi connectivity index (χ4v) is 1.40. The molecule has 4 nitrogen and oxygen atoms in total. The molecular formula is C14H22N2O2. The van der Waals surface area contributed by atoms with Crippen molar-refractivity contribution in [2.24, 2.45) is 0 Å². The predicted molar refractivity (Wildman–Crippen MR) is 73.7 cm³/mol. The lowest BCUT2D eigenvalue weighted by Crippen LogP contribution is -2.27. The summed E-state index contributed by atoms with van der Waals surface area (Å²) in [7, 11) is 0. The molecule has 0 spiro atoms. The molecule has 1 rings (SSSR count). The van der Waals surface area contributed by atoms with Crippen molar-refractivity contribution in [3.8, 4) is 0 Å². The van der Waals surface area contributed by atoms with Crippen molar-refractivity contribution < 1.29 is 9.53 Å². The Hall–Kier alpha value is -1.55. The first-order valence-electron chi connectivity index (χ1n) is 6.20. The second-order valence-corrected chi connectivity index (χ2v) is 5.10. The van der Waals surface area contributed by atoms with Crippen molar-refractivity contribution in [1.29, 1.82) is 0 Å². The zero-order chi connectivity index (χ0) is 13.6. The smallest absolute Gasteiger partial charge is 0.412 e. The van der Waals surface area contributed by atoms with E-state index < -0.39 is 11.7 Å². The lowest BCUT2D eigenvalue weighted by Gasteiger charge is -2.19. The summed E-state index contributed by atoms with van der Waals surface area (Å²) < 4.78 is 5.17. The molecule has 2 N–H and O–H groups in total. The maximum Gasteiger partial charge on any atom is 0.412 e. The molecule has 0 aromatic heterocycles. The Morgan fingerprint density at radius 1 is 1.22 bits per heavy atom. The van der Waals surface area contributed by atoms with E-state index in [1.807, 2.05) is 45.0 Å². The summed E-state index contributed by atoms with van der Waals surface area (Å²) in [6, 6.07) is 7.71. The van der Waals surface area contributed by atoms with Crippen LogP contribution < -0.4 is 10.6 Å². The van der Waals surface area contributed by atoms with Gasteiger partial charge in [-0.15, -0.1) is 0 Å². The molecule has 0 aliphatic heterocycles. The summed E-state index contributed by atoms with van der Waals surface area (Å²) in [5.41, 5.74) is 1.45. The van der Waals surface area contributed by atoms with Crippen LogP contribution in [0, 0.1) is 0 Å². The molecule has 100 valence electrons. The highest BCUT2D eigenvalue weighted by molar-refractivity contribution is 5.84. The molecule has 4 heteroatoms. The molecule has 1 aromatic carbocycles. The second-order valence-electron chi connectivity index (χ2n) is 5.10. The quantitative estimate of drug-likeness (QED) is 0.863. The third-order valence-electron chi connectivity index (χ3n) is 2.18. The summed E-state index contributed by atoms with van der Waals surface area (Å²) in [4.78, 5) is 11.5. The van der Waals surface area contributed by atoms with Crippen LogP contribution in [0.3, 0.4) is 0 Å². The zero-order valence-corrected chi connectivity index (χ0v) is 11.5. The highest BCUT2D eigenvalue weighted by atomic mass is 16.6. The van der Waals surface area contributed by atoms with E-state index in [0.717, 1.165) is 18.8 Å². The van der Waals surface area contributed by atoms with Crippen LogP contribution in [-0.2, 0) is 11.3 Å². The Bertz CT molecular complexity index is 380.